The van der Waals surface area contributed by atoms with E-state index in [2.05, 4.69) is 25.3 Å². The molecule has 1 unspecified atom stereocenters. The van der Waals surface area contributed by atoms with Gasteiger partial charge < -0.3 is 9.42 Å². The highest BCUT2D eigenvalue weighted by Crippen LogP contribution is 2.27. The molecule has 0 aliphatic carbocycles. The summed E-state index contributed by atoms with van der Waals surface area (Å²) in [4.78, 5) is 23.5. The van der Waals surface area contributed by atoms with Gasteiger partial charge in [-0.2, -0.15) is 10.2 Å². The Kier molecular flexibility index (Phi) is 5.59. The van der Waals surface area contributed by atoms with Gasteiger partial charge in [0.1, 0.15) is 12.1 Å². The zero-order valence-electron chi connectivity index (χ0n) is 16.7. The average Bonchev–Trinajstić information content (AvgIpc) is 2.93. The van der Waals surface area contributed by atoms with Gasteiger partial charge in [0, 0.05) is 18.8 Å². The lowest BCUT2D eigenvalue weighted by molar-refractivity contribution is 0.0759. The third-order valence-electron chi connectivity index (χ3n) is 5.48. The summed E-state index contributed by atoms with van der Waals surface area (Å²) in [7, 11) is 0. The lowest BCUT2D eigenvalue weighted by Crippen LogP contribution is -2.32. The van der Waals surface area contributed by atoms with Crippen molar-refractivity contribution in [3.63, 3.8) is 0 Å². The minimum atomic E-state index is 0.0308. The molecule has 4 heterocycles. The number of aromatic nitrogens is 5. The molecule has 3 aromatic heterocycles. The first-order chi connectivity index (χ1) is 14.1. The molecule has 0 spiro atoms. The van der Waals surface area contributed by atoms with Gasteiger partial charge in [0.15, 0.2) is 0 Å². The average molecular weight is 392 g/mol. The summed E-state index contributed by atoms with van der Waals surface area (Å²) >= 11 is 0. The van der Waals surface area contributed by atoms with Crippen LogP contribution in [0.4, 0.5) is 0 Å². The minimum Gasteiger partial charge on any atom is -0.361 e. The number of hydrogen-bond donors (Lipinski definition) is 0. The van der Waals surface area contributed by atoms with E-state index in [1.54, 1.807) is 18.6 Å². The Morgan fingerprint density at radius 3 is 2.86 bits per heavy atom. The Labute approximate surface area is 169 Å². The van der Waals surface area contributed by atoms with Gasteiger partial charge >= 0.3 is 0 Å². The predicted molar refractivity (Wildman–Crippen MR) is 106 cm³/mol. The van der Waals surface area contributed by atoms with Gasteiger partial charge in [-0.25, -0.2) is 9.97 Å². The van der Waals surface area contributed by atoms with Crippen LogP contribution in [0.15, 0.2) is 35.4 Å². The van der Waals surface area contributed by atoms with Crippen LogP contribution in [0.2, 0.25) is 0 Å². The summed E-state index contributed by atoms with van der Waals surface area (Å²) in [5, 5.41) is 11.6. The SMILES string of the molecule is Cc1noc(C)c1-c1cc(CC2CCCN(C(=O)c3ccnnc3)CC2)ncn1. The van der Waals surface area contributed by atoms with Crippen LogP contribution in [0, 0.1) is 19.8 Å². The van der Waals surface area contributed by atoms with Crippen molar-refractivity contribution in [2.45, 2.75) is 39.5 Å². The minimum absolute atomic E-state index is 0.0308. The van der Waals surface area contributed by atoms with E-state index in [0.717, 1.165) is 67.2 Å². The van der Waals surface area contributed by atoms with E-state index in [-0.39, 0.29) is 5.91 Å². The maximum absolute atomic E-state index is 12.7. The molecule has 0 bridgehead atoms. The largest absolute Gasteiger partial charge is 0.361 e. The smallest absolute Gasteiger partial charge is 0.255 e. The molecule has 8 nitrogen and oxygen atoms in total. The Hall–Kier alpha value is -3.16. The van der Waals surface area contributed by atoms with Crippen molar-refractivity contribution in [1.29, 1.82) is 0 Å². The molecule has 1 aliphatic heterocycles. The van der Waals surface area contributed by atoms with Crippen molar-refractivity contribution in [2.24, 2.45) is 5.92 Å². The van der Waals surface area contributed by atoms with Gasteiger partial charge in [0.2, 0.25) is 0 Å². The summed E-state index contributed by atoms with van der Waals surface area (Å²) < 4.78 is 5.27. The number of likely N-dealkylation sites (tertiary alicyclic amines) is 1. The van der Waals surface area contributed by atoms with E-state index in [0.29, 0.717) is 11.5 Å². The molecule has 1 saturated heterocycles. The van der Waals surface area contributed by atoms with E-state index >= 15 is 0 Å². The fourth-order valence-corrected chi connectivity index (χ4v) is 3.96. The van der Waals surface area contributed by atoms with E-state index in [4.69, 9.17) is 4.52 Å². The van der Waals surface area contributed by atoms with Gasteiger partial charge in [-0.3, -0.25) is 4.79 Å². The van der Waals surface area contributed by atoms with E-state index in [9.17, 15) is 4.79 Å². The molecule has 1 amide bonds. The first-order valence-electron chi connectivity index (χ1n) is 9.92. The van der Waals surface area contributed by atoms with Gasteiger partial charge in [0.05, 0.1) is 34.9 Å². The van der Waals surface area contributed by atoms with Crippen molar-refractivity contribution in [3.8, 4) is 11.3 Å². The molecular formula is C21H24N6O2. The molecule has 8 heteroatoms. The fourth-order valence-electron chi connectivity index (χ4n) is 3.96. The number of carbonyl (C=O) groups excluding carboxylic acids is 1. The Morgan fingerprint density at radius 2 is 2.10 bits per heavy atom. The van der Waals surface area contributed by atoms with Crippen molar-refractivity contribution >= 4 is 5.91 Å². The Morgan fingerprint density at radius 1 is 1.21 bits per heavy atom. The van der Waals surface area contributed by atoms with Crippen LogP contribution in [-0.2, 0) is 6.42 Å². The molecule has 29 heavy (non-hydrogen) atoms. The summed E-state index contributed by atoms with van der Waals surface area (Å²) in [6.45, 7) is 5.33. The molecule has 0 saturated carbocycles. The molecule has 0 N–H and O–H groups in total. The lowest BCUT2D eigenvalue weighted by atomic mass is 9.94. The van der Waals surface area contributed by atoms with Crippen LogP contribution < -0.4 is 0 Å². The van der Waals surface area contributed by atoms with Crippen LogP contribution >= 0.6 is 0 Å². The van der Waals surface area contributed by atoms with E-state index in [1.165, 1.54) is 6.20 Å². The molecule has 1 atom stereocenters. The number of rotatable bonds is 4. The van der Waals surface area contributed by atoms with Crippen LogP contribution in [0.25, 0.3) is 11.3 Å². The van der Waals surface area contributed by atoms with E-state index < -0.39 is 0 Å². The molecule has 0 aromatic carbocycles. The second-order valence-corrected chi connectivity index (χ2v) is 7.52. The molecule has 1 fully saturated rings. The maximum atomic E-state index is 12.7. The highest BCUT2D eigenvalue weighted by atomic mass is 16.5. The summed E-state index contributed by atoms with van der Waals surface area (Å²) in [5.41, 5.74) is 4.23. The van der Waals surface area contributed by atoms with Gasteiger partial charge in [-0.1, -0.05) is 5.16 Å². The van der Waals surface area contributed by atoms with Gasteiger partial charge in [-0.15, -0.1) is 0 Å². The molecule has 0 radical (unpaired) electrons. The normalized spacial score (nSPS) is 17.2. The van der Waals surface area contributed by atoms with Crippen LogP contribution in [-0.4, -0.2) is 49.2 Å². The van der Waals surface area contributed by atoms with Crippen molar-refractivity contribution < 1.29 is 9.32 Å². The molecule has 150 valence electrons. The Balaban J connectivity index is 1.42. The summed E-state index contributed by atoms with van der Waals surface area (Å²) in [6, 6.07) is 3.75. The van der Waals surface area contributed by atoms with Crippen LogP contribution in [0.1, 0.15) is 46.8 Å². The number of carbonyl (C=O) groups is 1. The standard InChI is InChI=1S/C21H24N6O2/c1-14-20(15(2)29-26-14)19-11-18(22-13-23-19)10-16-4-3-8-27(9-6-16)21(28)17-5-7-24-25-12-17/h5,7,11-13,16H,3-4,6,8-10H2,1-2H3. The molecule has 1 aliphatic rings. The van der Waals surface area contributed by atoms with Crippen LogP contribution in [0.3, 0.4) is 0 Å². The summed E-state index contributed by atoms with van der Waals surface area (Å²) in [5.74, 6) is 1.28. The monoisotopic (exact) mass is 392 g/mol. The lowest BCUT2D eigenvalue weighted by Gasteiger charge is -2.20. The third-order valence-corrected chi connectivity index (χ3v) is 5.48. The van der Waals surface area contributed by atoms with Crippen molar-refractivity contribution in [1.82, 2.24) is 30.2 Å². The Bertz CT molecular complexity index is 968. The first kappa shape index (κ1) is 19.2. The summed E-state index contributed by atoms with van der Waals surface area (Å²) in [6.07, 6.45) is 8.58. The topological polar surface area (TPSA) is 97.9 Å². The highest BCUT2D eigenvalue weighted by Gasteiger charge is 2.23. The predicted octanol–water partition coefficient (Wildman–Crippen LogP) is 3.02. The van der Waals surface area contributed by atoms with E-state index in [1.807, 2.05) is 24.8 Å². The maximum Gasteiger partial charge on any atom is 0.255 e. The zero-order valence-corrected chi connectivity index (χ0v) is 16.7. The number of nitrogens with zero attached hydrogens (tertiary/aromatic N) is 6. The second kappa shape index (κ2) is 8.46. The highest BCUT2D eigenvalue weighted by molar-refractivity contribution is 5.93. The molecular weight excluding hydrogens is 368 g/mol. The van der Waals surface area contributed by atoms with Gasteiger partial charge in [0.25, 0.3) is 5.91 Å². The fraction of sp³-hybridized carbons (Fsp3) is 0.429. The number of aryl methyl sites for hydroxylation is 2. The second-order valence-electron chi connectivity index (χ2n) is 7.52. The number of hydrogen-bond acceptors (Lipinski definition) is 7. The quantitative estimate of drug-likeness (QED) is 0.673. The first-order valence-corrected chi connectivity index (χ1v) is 9.92. The zero-order chi connectivity index (χ0) is 20.2. The van der Waals surface area contributed by atoms with Crippen molar-refractivity contribution in [2.75, 3.05) is 13.1 Å². The third kappa shape index (κ3) is 4.31. The number of amides is 1. The molecule has 3 aromatic rings. The van der Waals surface area contributed by atoms with Crippen molar-refractivity contribution in [3.05, 3.63) is 53.6 Å². The molecule has 4 rings (SSSR count). The van der Waals surface area contributed by atoms with Gasteiger partial charge in [-0.05, 0) is 57.6 Å². The van der Waals surface area contributed by atoms with Crippen LogP contribution in [0.5, 0.6) is 0 Å².